The Balaban J connectivity index is 1.58. The van der Waals surface area contributed by atoms with E-state index >= 15 is 0 Å². The maximum Gasteiger partial charge on any atom is 0.234 e. The van der Waals surface area contributed by atoms with Crippen molar-refractivity contribution in [3.05, 3.63) is 64.8 Å². The van der Waals surface area contributed by atoms with Crippen LogP contribution in [0.15, 0.2) is 58.3 Å². The fourth-order valence-electron chi connectivity index (χ4n) is 1.97. The van der Waals surface area contributed by atoms with E-state index in [4.69, 9.17) is 11.6 Å². The van der Waals surface area contributed by atoms with Gasteiger partial charge in [-0.15, -0.1) is 11.3 Å². The van der Waals surface area contributed by atoms with E-state index in [0.717, 1.165) is 21.7 Å². The molecule has 3 rings (SSSR count). The molecule has 0 unspecified atom stereocenters. The summed E-state index contributed by atoms with van der Waals surface area (Å²) >= 11 is 8.73. The molecule has 0 radical (unpaired) electrons. The van der Waals surface area contributed by atoms with Crippen LogP contribution >= 0.6 is 34.7 Å². The molecule has 0 aliphatic carbocycles. The zero-order valence-corrected chi connectivity index (χ0v) is 14.7. The average Bonchev–Trinajstić information content (AvgIpc) is 3.05. The fraction of sp³-hybridized carbons (Fsp3) is 0.0588. The van der Waals surface area contributed by atoms with Crippen LogP contribution in [0.3, 0.4) is 0 Å². The number of nitrogens with one attached hydrogen (secondary N) is 1. The second-order valence-corrected chi connectivity index (χ2v) is 7.31. The predicted octanol–water partition coefficient (Wildman–Crippen LogP) is 5.33. The summed E-state index contributed by atoms with van der Waals surface area (Å²) in [5, 5.41) is 4.80. The van der Waals surface area contributed by atoms with Crippen molar-refractivity contribution >= 4 is 46.3 Å². The first-order valence-corrected chi connectivity index (χ1v) is 9.25. The molecule has 3 nitrogen and oxygen atoms in total. The van der Waals surface area contributed by atoms with Crippen LogP contribution < -0.4 is 5.32 Å². The minimum atomic E-state index is -0.441. The van der Waals surface area contributed by atoms with Crippen molar-refractivity contribution in [1.29, 1.82) is 0 Å². The van der Waals surface area contributed by atoms with Crippen molar-refractivity contribution in [3.8, 4) is 11.3 Å². The second-order valence-electron chi connectivity index (χ2n) is 4.83. The lowest BCUT2D eigenvalue weighted by Crippen LogP contribution is -2.14. The number of thiazole rings is 1. The molecular weight excluding hydrogens is 367 g/mol. The molecule has 0 saturated carbocycles. The van der Waals surface area contributed by atoms with E-state index in [2.05, 4.69) is 10.3 Å². The molecule has 0 saturated heterocycles. The zero-order valence-electron chi connectivity index (χ0n) is 12.3. The molecular formula is C17H12ClFN2OS2. The molecule has 24 heavy (non-hydrogen) atoms. The Morgan fingerprint density at radius 3 is 2.79 bits per heavy atom. The van der Waals surface area contributed by atoms with Crippen molar-refractivity contribution in [1.82, 2.24) is 4.98 Å². The molecule has 0 aliphatic heterocycles. The molecule has 0 spiro atoms. The number of aromatic nitrogens is 1. The normalized spacial score (nSPS) is 10.6. The number of hydrogen-bond donors (Lipinski definition) is 1. The van der Waals surface area contributed by atoms with Gasteiger partial charge in [-0.25, -0.2) is 9.37 Å². The highest BCUT2D eigenvalue weighted by molar-refractivity contribution is 8.01. The molecule has 0 fully saturated rings. The van der Waals surface area contributed by atoms with Crippen LogP contribution in [0, 0.1) is 5.82 Å². The third-order valence-corrected chi connectivity index (χ3v) is 5.42. The third kappa shape index (κ3) is 4.35. The molecule has 1 amide bonds. The molecule has 122 valence electrons. The molecule has 0 aliphatic rings. The lowest BCUT2D eigenvalue weighted by molar-refractivity contribution is -0.113. The van der Waals surface area contributed by atoms with Crippen molar-refractivity contribution in [3.63, 3.8) is 0 Å². The van der Waals surface area contributed by atoms with Gasteiger partial charge < -0.3 is 5.32 Å². The Morgan fingerprint density at radius 1 is 1.25 bits per heavy atom. The summed E-state index contributed by atoms with van der Waals surface area (Å²) < 4.78 is 13.8. The molecule has 1 aromatic heterocycles. The third-order valence-electron chi connectivity index (χ3n) is 3.08. The van der Waals surface area contributed by atoms with Crippen LogP contribution in [0.4, 0.5) is 10.1 Å². The summed E-state index contributed by atoms with van der Waals surface area (Å²) in [7, 11) is 0. The number of rotatable bonds is 5. The molecule has 1 N–H and O–H groups in total. The summed E-state index contributed by atoms with van der Waals surface area (Å²) in [6.45, 7) is 0. The van der Waals surface area contributed by atoms with Gasteiger partial charge in [-0.1, -0.05) is 53.7 Å². The summed E-state index contributed by atoms with van der Waals surface area (Å²) in [5.41, 5.74) is 2.33. The highest BCUT2D eigenvalue weighted by Crippen LogP contribution is 2.28. The Labute approximate surface area is 151 Å². The number of nitrogens with zero attached hydrogens (tertiary/aromatic N) is 1. The summed E-state index contributed by atoms with van der Waals surface area (Å²) in [5.74, 6) is -0.455. The van der Waals surface area contributed by atoms with Crippen LogP contribution in [0.2, 0.25) is 5.02 Å². The first-order valence-electron chi connectivity index (χ1n) is 7.00. The average molecular weight is 379 g/mol. The number of thioether (sulfide) groups is 1. The topological polar surface area (TPSA) is 42.0 Å². The van der Waals surface area contributed by atoms with Crippen LogP contribution in [0.25, 0.3) is 11.3 Å². The van der Waals surface area contributed by atoms with E-state index < -0.39 is 5.82 Å². The Hall–Kier alpha value is -1.89. The van der Waals surface area contributed by atoms with Gasteiger partial charge in [0.25, 0.3) is 0 Å². The summed E-state index contributed by atoms with van der Waals surface area (Å²) in [6, 6.07) is 13.7. The first kappa shape index (κ1) is 17.0. The number of benzene rings is 2. The maximum absolute atomic E-state index is 13.0. The highest BCUT2D eigenvalue weighted by atomic mass is 35.5. The van der Waals surface area contributed by atoms with E-state index in [1.54, 1.807) is 0 Å². The van der Waals surface area contributed by atoms with Gasteiger partial charge in [0.1, 0.15) is 5.82 Å². The number of halogens is 2. The van der Waals surface area contributed by atoms with E-state index in [1.807, 2.05) is 35.7 Å². The smallest absolute Gasteiger partial charge is 0.234 e. The quantitative estimate of drug-likeness (QED) is 0.610. The standard InChI is InChI=1S/C17H12ClFN2OS2/c18-13-8-12(19)6-7-14(13)20-16(22)10-24-17-21-15(9-23-17)11-4-2-1-3-5-11/h1-9H,10H2,(H,20,22). The van der Waals surface area contributed by atoms with Gasteiger partial charge in [0.2, 0.25) is 5.91 Å². The van der Waals surface area contributed by atoms with Gasteiger partial charge in [-0.2, -0.15) is 0 Å². The summed E-state index contributed by atoms with van der Waals surface area (Å²) in [6.07, 6.45) is 0. The molecule has 1 heterocycles. The van der Waals surface area contributed by atoms with Gasteiger partial charge in [0.05, 0.1) is 22.2 Å². The second kappa shape index (κ2) is 7.79. The van der Waals surface area contributed by atoms with Gasteiger partial charge in [0, 0.05) is 10.9 Å². The molecule has 3 aromatic rings. The van der Waals surface area contributed by atoms with E-state index in [-0.39, 0.29) is 16.7 Å². The number of amides is 1. The SMILES string of the molecule is O=C(CSc1nc(-c2ccccc2)cs1)Nc1ccc(F)cc1Cl. The first-order chi connectivity index (χ1) is 11.6. The minimum Gasteiger partial charge on any atom is -0.324 e. The summed E-state index contributed by atoms with van der Waals surface area (Å²) in [4.78, 5) is 16.5. The number of carbonyl (C=O) groups excluding carboxylic acids is 1. The van der Waals surface area contributed by atoms with Crippen LogP contribution in [-0.2, 0) is 4.79 Å². The molecule has 7 heteroatoms. The van der Waals surface area contributed by atoms with Crippen molar-refractivity contribution in [2.45, 2.75) is 4.34 Å². The van der Waals surface area contributed by atoms with E-state index in [9.17, 15) is 9.18 Å². The zero-order chi connectivity index (χ0) is 16.9. The minimum absolute atomic E-state index is 0.175. The fourth-order valence-corrected chi connectivity index (χ4v) is 3.82. The number of carbonyl (C=O) groups is 1. The van der Waals surface area contributed by atoms with Gasteiger partial charge >= 0.3 is 0 Å². The molecule has 0 bridgehead atoms. The van der Waals surface area contributed by atoms with E-state index in [1.165, 1.54) is 35.2 Å². The van der Waals surface area contributed by atoms with Crippen LogP contribution in [0.5, 0.6) is 0 Å². The van der Waals surface area contributed by atoms with Gasteiger partial charge in [0.15, 0.2) is 4.34 Å². The molecule has 0 atom stereocenters. The lowest BCUT2D eigenvalue weighted by Gasteiger charge is -2.06. The number of anilines is 1. The number of hydrogen-bond acceptors (Lipinski definition) is 4. The Morgan fingerprint density at radius 2 is 2.04 bits per heavy atom. The maximum atomic E-state index is 13.0. The van der Waals surface area contributed by atoms with Crippen molar-refractivity contribution < 1.29 is 9.18 Å². The molecule has 2 aromatic carbocycles. The lowest BCUT2D eigenvalue weighted by atomic mass is 10.2. The van der Waals surface area contributed by atoms with Crippen LogP contribution in [0.1, 0.15) is 0 Å². The predicted molar refractivity (Wildman–Crippen MR) is 98.3 cm³/mol. The monoisotopic (exact) mass is 378 g/mol. The van der Waals surface area contributed by atoms with Gasteiger partial charge in [-0.3, -0.25) is 4.79 Å². The largest absolute Gasteiger partial charge is 0.324 e. The van der Waals surface area contributed by atoms with E-state index in [0.29, 0.717) is 5.69 Å². The van der Waals surface area contributed by atoms with Crippen molar-refractivity contribution in [2.75, 3.05) is 11.1 Å². The Kier molecular flexibility index (Phi) is 5.50. The Bertz CT molecular complexity index is 855. The van der Waals surface area contributed by atoms with Crippen molar-refractivity contribution in [2.24, 2.45) is 0 Å². The van der Waals surface area contributed by atoms with Crippen LogP contribution in [-0.4, -0.2) is 16.6 Å². The highest BCUT2D eigenvalue weighted by Gasteiger charge is 2.10. The van der Waals surface area contributed by atoms with Gasteiger partial charge in [-0.05, 0) is 18.2 Å².